The maximum atomic E-state index is 9.93. The summed E-state index contributed by atoms with van der Waals surface area (Å²) in [6, 6.07) is 11.9. The van der Waals surface area contributed by atoms with Gasteiger partial charge in [-0.05, 0) is 36.4 Å². The molecule has 3 nitrogen and oxygen atoms in total. The molecule has 2 rings (SSSR count). The summed E-state index contributed by atoms with van der Waals surface area (Å²) in [4.78, 5) is 0.961. The number of thioether (sulfide) groups is 1. The van der Waals surface area contributed by atoms with E-state index >= 15 is 0 Å². The second-order valence-corrected chi connectivity index (χ2v) is 6.23. The summed E-state index contributed by atoms with van der Waals surface area (Å²) in [7, 11) is 0. The summed E-state index contributed by atoms with van der Waals surface area (Å²) in [5.74, 6) is 1.07. The number of hydrogen-bond donors (Lipinski definition) is 2. The number of aromatic hydroxyl groups is 1. The topological polar surface area (TPSA) is 49.7 Å². The molecule has 6 heteroatoms. The van der Waals surface area contributed by atoms with Gasteiger partial charge in [-0.1, -0.05) is 29.3 Å². The van der Waals surface area contributed by atoms with Crippen molar-refractivity contribution < 1.29 is 14.9 Å². The standard InChI is InChI=1S/C15H14Cl2O3S/c16-13-2-1-3-14(17)15(13)20-8-11(19)9-21-12-6-4-10(18)5-7-12/h1-7,11,18-19H,8-9H2. The van der Waals surface area contributed by atoms with Gasteiger partial charge < -0.3 is 14.9 Å². The summed E-state index contributed by atoms with van der Waals surface area (Å²) in [6.45, 7) is 0.106. The third kappa shape index (κ3) is 5.00. The first-order chi connectivity index (χ1) is 10.1. The van der Waals surface area contributed by atoms with Crippen molar-refractivity contribution in [2.75, 3.05) is 12.4 Å². The molecule has 0 bridgehead atoms. The molecule has 0 radical (unpaired) electrons. The van der Waals surface area contributed by atoms with Crippen LogP contribution in [-0.2, 0) is 0 Å². The van der Waals surface area contributed by atoms with Crippen LogP contribution in [0.4, 0.5) is 0 Å². The maximum Gasteiger partial charge on any atom is 0.156 e. The predicted molar refractivity (Wildman–Crippen MR) is 86.8 cm³/mol. The molecule has 1 atom stereocenters. The molecule has 0 spiro atoms. The first-order valence-corrected chi connectivity index (χ1v) is 7.97. The van der Waals surface area contributed by atoms with Gasteiger partial charge in [0.05, 0.1) is 16.1 Å². The lowest BCUT2D eigenvalue weighted by molar-refractivity contribution is 0.126. The van der Waals surface area contributed by atoms with Crippen LogP contribution in [0.2, 0.25) is 10.0 Å². The number of aliphatic hydroxyl groups is 1. The van der Waals surface area contributed by atoms with E-state index in [1.165, 1.54) is 11.8 Å². The highest BCUT2D eigenvalue weighted by molar-refractivity contribution is 7.99. The molecule has 112 valence electrons. The van der Waals surface area contributed by atoms with E-state index in [1.54, 1.807) is 42.5 Å². The van der Waals surface area contributed by atoms with Gasteiger partial charge in [0.1, 0.15) is 12.4 Å². The van der Waals surface area contributed by atoms with Crippen LogP contribution in [0.5, 0.6) is 11.5 Å². The summed E-state index contributed by atoms with van der Waals surface area (Å²) >= 11 is 13.4. The van der Waals surface area contributed by atoms with Gasteiger partial charge in [-0.2, -0.15) is 0 Å². The average Bonchev–Trinajstić information content (AvgIpc) is 2.46. The Morgan fingerprint density at radius 1 is 1.05 bits per heavy atom. The lowest BCUT2D eigenvalue weighted by Gasteiger charge is -2.14. The van der Waals surface area contributed by atoms with E-state index in [1.807, 2.05) is 0 Å². The molecule has 0 aromatic heterocycles. The maximum absolute atomic E-state index is 9.93. The lowest BCUT2D eigenvalue weighted by atomic mass is 10.3. The molecule has 0 aliphatic heterocycles. The van der Waals surface area contributed by atoms with Crippen LogP contribution in [0.15, 0.2) is 47.4 Å². The molecule has 2 N–H and O–H groups in total. The fourth-order valence-electron chi connectivity index (χ4n) is 1.58. The number of aliphatic hydroxyl groups excluding tert-OH is 1. The van der Waals surface area contributed by atoms with Crippen LogP contribution in [0.3, 0.4) is 0 Å². The van der Waals surface area contributed by atoms with Gasteiger partial charge in [-0.3, -0.25) is 0 Å². The fourth-order valence-corrected chi connectivity index (χ4v) is 2.90. The van der Waals surface area contributed by atoms with E-state index in [2.05, 4.69) is 0 Å². The summed E-state index contributed by atoms with van der Waals surface area (Å²) in [6.07, 6.45) is -0.656. The van der Waals surface area contributed by atoms with Crippen molar-refractivity contribution in [1.82, 2.24) is 0 Å². The van der Waals surface area contributed by atoms with Gasteiger partial charge in [0.15, 0.2) is 5.75 Å². The number of ether oxygens (including phenoxy) is 1. The number of phenols is 1. The summed E-state index contributed by atoms with van der Waals surface area (Å²) in [5, 5.41) is 20.0. The Morgan fingerprint density at radius 2 is 1.67 bits per heavy atom. The van der Waals surface area contributed by atoms with Gasteiger partial charge in [0, 0.05) is 10.6 Å². The highest BCUT2D eigenvalue weighted by Crippen LogP contribution is 2.32. The largest absolute Gasteiger partial charge is 0.508 e. The Hall–Kier alpha value is -1.07. The zero-order valence-electron chi connectivity index (χ0n) is 11.0. The average molecular weight is 345 g/mol. The van der Waals surface area contributed by atoms with Gasteiger partial charge in [0.2, 0.25) is 0 Å². The van der Waals surface area contributed by atoms with Crippen molar-refractivity contribution in [1.29, 1.82) is 0 Å². The van der Waals surface area contributed by atoms with E-state index in [-0.39, 0.29) is 12.4 Å². The van der Waals surface area contributed by atoms with Crippen molar-refractivity contribution >= 4 is 35.0 Å². The number of benzene rings is 2. The number of rotatable bonds is 6. The predicted octanol–water partition coefficient (Wildman–Crippen LogP) is 4.23. The Kier molecular flexibility index (Phi) is 6.06. The molecular weight excluding hydrogens is 331 g/mol. The summed E-state index contributed by atoms with van der Waals surface area (Å²) < 4.78 is 5.47. The Labute approximate surface area is 137 Å². The Bertz CT molecular complexity index is 570. The van der Waals surface area contributed by atoms with Gasteiger partial charge in [0.25, 0.3) is 0 Å². The van der Waals surface area contributed by atoms with E-state index in [9.17, 15) is 10.2 Å². The van der Waals surface area contributed by atoms with Crippen molar-refractivity contribution in [3.8, 4) is 11.5 Å². The molecule has 0 aliphatic rings. The second kappa shape index (κ2) is 7.80. The molecular formula is C15H14Cl2O3S. The zero-order valence-corrected chi connectivity index (χ0v) is 13.3. The smallest absolute Gasteiger partial charge is 0.156 e. The van der Waals surface area contributed by atoms with Crippen LogP contribution in [0.1, 0.15) is 0 Å². The summed E-state index contributed by atoms with van der Waals surface area (Å²) in [5.41, 5.74) is 0. The molecule has 0 saturated carbocycles. The highest BCUT2D eigenvalue weighted by atomic mass is 35.5. The second-order valence-electron chi connectivity index (χ2n) is 4.32. The third-order valence-electron chi connectivity index (χ3n) is 2.62. The quantitative estimate of drug-likeness (QED) is 0.770. The molecule has 0 aliphatic carbocycles. The fraction of sp³-hybridized carbons (Fsp3) is 0.200. The lowest BCUT2D eigenvalue weighted by Crippen LogP contribution is -2.20. The molecule has 0 heterocycles. The SMILES string of the molecule is Oc1ccc(SCC(O)COc2c(Cl)cccc2Cl)cc1. The first-order valence-electron chi connectivity index (χ1n) is 6.23. The number of halogens is 2. The van der Waals surface area contributed by atoms with Gasteiger partial charge in [-0.15, -0.1) is 11.8 Å². The number of hydrogen-bond acceptors (Lipinski definition) is 4. The van der Waals surface area contributed by atoms with Crippen LogP contribution >= 0.6 is 35.0 Å². The Balaban J connectivity index is 1.82. The van der Waals surface area contributed by atoms with Crippen LogP contribution in [-0.4, -0.2) is 28.7 Å². The minimum Gasteiger partial charge on any atom is -0.508 e. The molecule has 0 fully saturated rings. The van der Waals surface area contributed by atoms with Crippen LogP contribution in [0, 0.1) is 0 Å². The molecule has 0 amide bonds. The van der Waals surface area contributed by atoms with Crippen molar-refractivity contribution in [2.24, 2.45) is 0 Å². The van der Waals surface area contributed by atoms with Gasteiger partial charge in [-0.25, -0.2) is 0 Å². The monoisotopic (exact) mass is 344 g/mol. The van der Waals surface area contributed by atoms with Crippen LogP contribution < -0.4 is 4.74 Å². The Morgan fingerprint density at radius 3 is 2.29 bits per heavy atom. The molecule has 1 unspecified atom stereocenters. The van der Waals surface area contributed by atoms with Gasteiger partial charge >= 0.3 is 0 Å². The molecule has 21 heavy (non-hydrogen) atoms. The van der Waals surface area contributed by atoms with E-state index in [0.29, 0.717) is 21.5 Å². The molecule has 2 aromatic carbocycles. The van der Waals surface area contributed by atoms with E-state index < -0.39 is 6.10 Å². The van der Waals surface area contributed by atoms with E-state index in [4.69, 9.17) is 27.9 Å². The van der Waals surface area contributed by atoms with Crippen LogP contribution in [0.25, 0.3) is 0 Å². The number of para-hydroxylation sites is 1. The van der Waals surface area contributed by atoms with Crippen molar-refractivity contribution in [3.63, 3.8) is 0 Å². The molecule has 2 aromatic rings. The minimum atomic E-state index is -0.656. The van der Waals surface area contributed by atoms with Crippen molar-refractivity contribution in [3.05, 3.63) is 52.5 Å². The first kappa shape index (κ1) is 16.3. The minimum absolute atomic E-state index is 0.106. The third-order valence-corrected chi connectivity index (χ3v) is 4.37. The van der Waals surface area contributed by atoms with Crippen molar-refractivity contribution in [2.45, 2.75) is 11.0 Å². The normalized spacial score (nSPS) is 12.1. The number of phenolic OH excluding ortho intramolecular Hbond substituents is 1. The highest BCUT2D eigenvalue weighted by Gasteiger charge is 2.11. The zero-order chi connectivity index (χ0) is 15.2. The molecule has 0 saturated heterocycles. The van der Waals surface area contributed by atoms with E-state index in [0.717, 1.165) is 4.90 Å².